The SMILES string of the molecule is NNC(Cc1ccccc1Cl)C1CSc2ccccc2O1. The number of hydrazine groups is 1. The number of halogens is 1. The molecule has 0 aliphatic carbocycles. The molecule has 3 N–H and O–H groups in total. The average Bonchev–Trinajstić information content (AvgIpc) is 2.54. The topological polar surface area (TPSA) is 47.3 Å². The summed E-state index contributed by atoms with van der Waals surface area (Å²) < 4.78 is 6.09. The summed E-state index contributed by atoms with van der Waals surface area (Å²) in [5.41, 5.74) is 3.96. The van der Waals surface area contributed by atoms with Gasteiger partial charge in [-0.15, -0.1) is 11.8 Å². The quantitative estimate of drug-likeness (QED) is 0.670. The molecule has 0 radical (unpaired) electrons. The van der Waals surface area contributed by atoms with E-state index in [1.807, 2.05) is 42.5 Å². The zero-order valence-electron chi connectivity index (χ0n) is 11.5. The van der Waals surface area contributed by atoms with Crippen LogP contribution in [0.5, 0.6) is 5.75 Å². The maximum absolute atomic E-state index is 6.23. The predicted octanol–water partition coefficient (Wildman–Crippen LogP) is 3.27. The van der Waals surface area contributed by atoms with E-state index in [1.54, 1.807) is 11.8 Å². The van der Waals surface area contributed by atoms with Crippen molar-refractivity contribution in [3.8, 4) is 5.75 Å². The fourth-order valence-electron chi connectivity index (χ4n) is 2.43. The van der Waals surface area contributed by atoms with Gasteiger partial charge >= 0.3 is 0 Å². The molecule has 2 aromatic carbocycles. The largest absolute Gasteiger partial charge is 0.487 e. The first-order chi connectivity index (χ1) is 10.3. The molecule has 21 heavy (non-hydrogen) atoms. The monoisotopic (exact) mass is 320 g/mol. The van der Waals surface area contributed by atoms with Crippen molar-refractivity contribution in [3.05, 3.63) is 59.1 Å². The summed E-state index contributed by atoms with van der Waals surface area (Å²) in [7, 11) is 0. The van der Waals surface area contributed by atoms with Crippen LogP contribution in [-0.4, -0.2) is 17.9 Å². The Morgan fingerprint density at radius 3 is 2.81 bits per heavy atom. The smallest absolute Gasteiger partial charge is 0.133 e. The van der Waals surface area contributed by atoms with Crippen LogP contribution < -0.4 is 16.0 Å². The van der Waals surface area contributed by atoms with E-state index in [4.69, 9.17) is 22.2 Å². The fraction of sp³-hybridized carbons (Fsp3) is 0.250. The van der Waals surface area contributed by atoms with Crippen molar-refractivity contribution in [1.82, 2.24) is 5.43 Å². The minimum atomic E-state index is 0.0192. The highest BCUT2D eigenvalue weighted by atomic mass is 35.5. The number of hydrogen-bond acceptors (Lipinski definition) is 4. The second-order valence-electron chi connectivity index (χ2n) is 4.98. The van der Waals surface area contributed by atoms with E-state index in [2.05, 4.69) is 11.5 Å². The minimum absolute atomic E-state index is 0.0192. The lowest BCUT2D eigenvalue weighted by Crippen LogP contribution is -2.50. The van der Waals surface area contributed by atoms with Gasteiger partial charge in [0, 0.05) is 15.7 Å². The summed E-state index contributed by atoms with van der Waals surface area (Å²) in [6.07, 6.45) is 0.759. The minimum Gasteiger partial charge on any atom is -0.487 e. The summed E-state index contributed by atoms with van der Waals surface area (Å²) in [5, 5.41) is 0.765. The van der Waals surface area contributed by atoms with Gasteiger partial charge in [0.15, 0.2) is 0 Å². The van der Waals surface area contributed by atoms with Crippen molar-refractivity contribution in [2.24, 2.45) is 5.84 Å². The molecular formula is C16H17ClN2OS. The van der Waals surface area contributed by atoms with Crippen LogP contribution in [0, 0.1) is 0 Å². The van der Waals surface area contributed by atoms with Crippen molar-refractivity contribution >= 4 is 23.4 Å². The molecule has 0 bridgehead atoms. The van der Waals surface area contributed by atoms with Crippen LogP contribution in [0.1, 0.15) is 5.56 Å². The molecular weight excluding hydrogens is 304 g/mol. The summed E-state index contributed by atoms with van der Waals surface area (Å²) in [5.74, 6) is 7.54. The Balaban J connectivity index is 1.74. The highest BCUT2D eigenvalue weighted by molar-refractivity contribution is 7.99. The van der Waals surface area contributed by atoms with Gasteiger partial charge in [-0.2, -0.15) is 0 Å². The Labute approximate surface area is 133 Å². The van der Waals surface area contributed by atoms with Gasteiger partial charge in [0.1, 0.15) is 11.9 Å². The van der Waals surface area contributed by atoms with E-state index in [0.29, 0.717) is 0 Å². The van der Waals surface area contributed by atoms with Crippen LogP contribution in [0.3, 0.4) is 0 Å². The van der Waals surface area contributed by atoms with Gasteiger partial charge in [-0.3, -0.25) is 11.3 Å². The first-order valence-electron chi connectivity index (χ1n) is 6.86. The average molecular weight is 321 g/mol. The lowest BCUT2D eigenvalue weighted by molar-refractivity contribution is 0.165. The van der Waals surface area contributed by atoms with Crippen molar-refractivity contribution < 1.29 is 4.74 Å². The number of benzene rings is 2. The predicted molar refractivity (Wildman–Crippen MR) is 87.8 cm³/mol. The first-order valence-corrected chi connectivity index (χ1v) is 8.22. The van der Waals surface area contributed by atoms with E-state index in [9.17, 15) is 0 Å². The Morgan fingerprint density at radius 1 is 1.24 bits per heavy atom. The number of nitrogens with two attached hydrogens (primary N) is 1. The molecule has 0 saturated heterocycles. The Bertz CT molecular complexity index is 623. The lowest BCUT2D eigenvalue weighted by Gasteiger charge is -2.31. The summed E-state index contributed by atoms with van der Waals surface area (Å²) >= 11 is 8.03. The van der Waals surface area contributed by atoms with Crippen LogP contribution in [0.2, 0.25) is 5.02 Å². The molecule has 0 spiro atoms. The number of hydrogen-bond donors (Lipinski definition) is 2. The van der Waals surface area contributed by atoms with Gasteiger partial charge in [0.25, 0.3) is 0 Å². The van der Waals surface area contributed by atoms with Crippen molar-refractivity contribution in [2.45, 2.75) is 23.5 Å². The van der Waals surface area contributed by atoms with Crippen molar-refractivity contribution in [1.29, 1.82) is 0 Å². The third kappa shape index (κ3) is 3.35. The Hall–Kier alpha value is -1.20. The van der Waals surface area contributed by atoms with Crippen molar-refractivity contribution in [2.75, 3.05) is 5.75 Å². The molecule has 0 fully saturated rings. The number of rotatable bonds is 4. The number of fused-ring (bicyclic) bond motifs is 1. The Morgan fingerprint density at radius 2 is 2.00 bits per heavy atom. The second-order valence-corrected chi connectivity index (χ2v) is 6.45. The van der Waals surface area contributed by atoms with Crippen LogP contribution in [0.25, 0.3) is 0 Å². The summed E-state index contributed by atoms with van der Waals surface area (Å²) in [6.45, 7) is 0. The molecule has 2 atom stereocenters. The van der Waals surface area contributed by atoms with E-state index >= 15 is 0 Å². The molecule has 2 unspecified atom stereocenters. The summed E-state index contributed by atoms with van der Waals surface area (Å²) in [6, 6.07) is 15.9. The molecule has 3 rings (SSSR count). The van der Waals surface area contributed by atoms with Crippen LogP contribution in [-0.2, 0) is 6.42 Å². The third-order valence-electron chi connectivity index (χ3n) is 3.59. The maximum atomic E-state index is 6.23. The number of para-hydroxylation sites is 1. The zero-order chi connectivity index (χ0) is 14.7. The van der Waals surface area contributed by atoms with Crippen LogP contribution in [0.15, 0.2) is 53.4 Å². The molecule has 1 heterocycles. The normalized spacial score (nSPS) is 18.7. The molecule has 0 saturated carbocycles. The van der Waals surface area contributed by atoms with Crippen LogP contribution in [0.4, 0.5) is 0 Å². The highest BCUT2D eigenvalue weighted by Gasteiger charge is 2.28. The molecule has 0 amide bonds. The van der Waals surface area contributed by atoms with E-state index in [0.717, 1.165) is 28.5 Å². The van der Waals surface area contributed by atoms with E-state index in [1.165, 1.54) is 4.90 Å². The van der Waals surface area contributed by atoms with Crippen molar-refractivity contribution in [3.63, 3.8) is 0 Å². The molecule has 2 aromatic rings. The van der Waals surface area contributed by atoms with Gasteiger partial charge in [0.05, 0.1) is 6.04 Å². The molecule has 3 nitrogen and oxygen atoms in total. The third-order valence-corrected chi connectivity index (χ3v) is 5.10. The lowest BCUT2D eigenvalue weighted by atomic mass is 10.0. The summed E-state index contributed by atoms with van der Waals surface area (Å²) in [4.78, 5) is 1.18. The number of nitrogens with one attached hydrogen (secondary N) is 1. The van der Waals surface area contributed by atoms with E-state index in [-0.39, 0.29) is 12.1 Å². The first kappa shape index (κ1) is 14.7. The number of ether oxygens (including phenoxy) is 1. The van der Waals surface area contributed by atoms with Gasteiger partial charge in [-0.1, -0.05) is 41.9 Å². The number of thioether (sulfide) groups is 1. The molecule has 110 valence electrons. The highest BCUT2D eigenvalue weighted by Crippen LogP contribution is 2.36. The zero-order valence-corrected chi connectivity index (χ0v) is 13.0. The standard InChI is InChI=1S/C16H17ClN2OS/c17-12-6-2-1-5-11(12)9-13(19-18)15-10-21-16-8-4-3-7-14(16)20-15/h1-8,13,15,19H,9-10,18H2. The van der Waals surface area contributed by atoms with E-state index < -0.39 is 0 Å². The molecule has 5 heteroatoms. The Kier molecular flexibility index (Phi) is 4.70. The molecule has 0 aromatic heterocycles. The maximum Gasteiger partial charge on any atom is 0.133 e. The molecule has 1 aliphatic rings. The van der Waals surface area contributed by atoms with Crippen LogP contribution >= 0.6 is 23.4 Å². The van der Waals surface area contributed by atoms with Gasteiger partial charge < -0.3 is 4.74 Å². The van der Waals surface area contributed by atoms with Gasteiger partial charge in [-0.25, -0.2) is 0 Å². The second kappa shape index (κ2) is 6.71. The van der Waals surface area contributed by atoms with Gasteiger partial charge in [-0.05, 0) is 30.2 Å². The fourth-order valence-corrected chi connectivity index (χ4v) is 3.72. The molecule has 1 aliphatic heterocycles. The van der Waals surface area contributed by atoms with Gasteiger partial charge in [0.2, 0.25) is 0 Å².